The number of hydrogen-bond donors (Lipinski definition) is 2. The standard InChI is InChI=1S/C16H20N2O4S/c1-9-10(17-14(22-9)11-6-5-7-23-11)8-12(19)18-13(15(20)21)16(2,3)4/h5-7,13H,8H2,1-4H3,(H,18,19)(H,20,21)/t13-/m0/s1. The predicted molar refractivity (Wildman–Crippen MR) is 87.3 cm³/mol. The molecular formula is C16H20N2O4S. The topological polar surface area (TPSA) is 92.4 Å². The van der Waals surface area contributed by atoms with Crippen LogP contribution < -0.4 is 5.32 Å². The molecule has 0 bridgehead atoms. The number of thiophene rings is 1. The minimum atomic E-state index is -1.05. The molecule has 2 aromatic rings. The second kappa shape index (κ2) is 6.54. The molecule has 0 aliphatic heterocycles. The zero-order chi connectivity index (χ0) is 17.2. The summed E-state index contributed by atoms with van der Waals surface area (Å²) in [5.41, 5.74) is -0.0633. The van der Waals surface area contributed by atoms with Crippen molar-refractivity contribution in [2.45, 2.75) is 40.2 Å². The molecule has 0 fully saturated rings. The third-order valence-electron chi connectivity index (χ3n) is 3.37. The minimum absolute atomic E-state index is 0.0133. The monoisotopic (exact) mass is 336 g/mol. The van der Waals surface area contributed by atoms with Crippen molar-refractivity contribution in [1.29, 1.82) is 0 Å². The molecule has 2 heterocycles. The second-order valence-corrected chi connectivity index (χ2v) is 7.33. The molecule has 0 aliphatic carbocycles. The lowest BCUT2D eigenvalue weighted by molar-refractivity contribution is -0.144. The molecule has 2 N–H and O–H groups in total. The van der Waals surface area contributed by atoms with E-state index in [-0.39, 0.29) is 12.3 Å². The Balaban J connectivity index is 2.10. The molecule has 7 heteroatoms. The molecule has 124 valence electrons. The highest BCUT2D eigenvalue weighted by Crippen LogP contribution is 2.26. The number of carboxylic acids is 1. The van der Waals surface area contributed by atoms with Gasteiger partial charge in [-0.25, -0.2) is 9.78 Å². The number of carboxylic acid groups (broad SMARTS) is 1. The molecule has 23 heavy (non-hydrogen) atoms. The first-order valence-corrected chi connectivity index (χ1v) is 8.09. The van der Waals surface area contributed by atoms with Crippen LogP contribution in [0, 0.1) is 12.3 Å². The Morgan fingerprint density at radius 2 is 2.13 bits per heavy atom. The lowest BCUT2D eigenvalue weighted by Gasteiger charge is -2.27. The van der Waals surface area contributed by atoms with Gasteiger partial charge in [-0.1, -0.05) is 26.8 Å². The third-order valence-corrected chi connectivity index (χ3v) is 4.23. The number of carbonyl (C=O) groups is 2. The van der Waals surface area contributed by atoms with Gasteiger partial charge in [0.1, 0.15) is 11.8 Å². The van der Waals surface area contributed by atoms with E-state index in [2.05, 4.69) is 10.3 Å². The van der Waals surface area contributed by atoms with Gasteiger partial charge in [-0.3, -0.25) is 4.79 Å². The molecule has 0 saturated heterocycles. The summed E-state index contributed by atoms with van der Waals surface area (Å²) in [6.07, 6.45) is -0.0133. The van der Waals surface area contributed by atoms with E-state index in [4.69, 9.17) is 4.42 Å². The van der Waals surface area contributed by atoms with Gasteiger partial charge < -0.3 is 14.8 Å². The largest absolute Gasteiger partial charge is 0.480 e. The molecular weight excluding hydrogens is 316 g/mol. The van der Waals surface area contributed by atoms with Crippen molar-refractivity contribution in [3.63, 3.8) is 0 Å². The number of aliphatic carboxylic acids is 1. The maximum absolute atomic E-state index is 12.2. The molecule has 0 spiro atoms. The van der Waals surface area contributed by atoms with Gasteiger partial charge in [0.2, 0.25) is 11.8 Å². The van der Waals surface area contributed by atoms with E-state index in [0.29, 0.717) is 17.3 Å². The fourth-order valence-corrected chi connectivity index (χ4v) is 2.76. The van der Waals surface area contributed by atoms with Crippen LogP contribution in [0.4, 0.5) is 0 Å². The number of amides is 1. The van der Waals surface area contributed by atoms with Crippen LogP contribution in [0.5, 0.6) is 0 Å². The van der Waals surface area contributed by atoms with E-state index >= 15 is 0 Å². The first-order valence-electron chi connectivity index (χ1n) is 7.21. The quantitative estimate of drug-likeness (QED) is 0.876. The highest BCUT2D eigenvalue weighted by atomic mass is 32.1. The zero-order valence-electron chi connectivity index (χ0n) is 13.5. The van der Waals surface area contributed by atoms with Crippen molar-refractivity contribution in [3.05, 3.63) is 29.0 Å². The molecule has 0 aromatic carbocycles. The van der Waals surface area contributed by atoms with E-state index < -0.39 is 17.4 Å². The van der Waals surface area contributed by atoms with Crippen molar-refractivity contribution < 1.29 is 19.1 Å². The number of hydrogen-bond acceptors (Lipinski definition) is 5. The molecule has 0 radical (unpaired) electrons. The number of nitrogens with one attached hydrogen (secondary N) is 1. The molecule has 0 aliphatic rings. The van der Waals surface area contributed by atoms with E-state index in [1.54, 1.807) is 27.7 Å². The molecule has 1 atom stereocenters. The SMILES string of the molecule is Cc1oc(-c2cccs2)nc1CC(=O)N[C@@H](C(=O)O)C(C)(C)C. The second-order valence-electron chi connectivity index (χ2n) is 6.38. The van der Waals surface area contributed by atoms with Gasteiger partial charge in [0.05, 0.1) is 17.0 Å². The van der Waals surface area contributed by atoms with Crippen LogP contribution in [0.3, 0.4) is 0 Å². The van der Waals surface area contributed by atoms with E-state index in [1.165, 1.54) is 11.3 Å². The zero-order valence-corrected chi connectivity index (χ0v) is 14.4. The summed E-state index contributed by atoms with van der Waals surface area (Å²) in [7, 11) is 0. The number of rotatable bonds is 5. The van der Waals surface area contributed by atoms with Crippen LogP contribution in [0.2, 0.25) is 0 Å². The normalized spacial score (nSPS) is 12.9. The van der Waals surface area contributed by atoms with Crippen molar-refractivity contribution in [3.8, 4) is 10.8 Å². The molecule has 0 unspecified atom stereocenters. The van der Waals surface area contributed by atoms with Crippen LogP contribution in [0.25, 0.3) is 10.8 Å². The Morgan fingerprint density at radius 3 is 2.65 bits per heavy atom. The molecule has 2 aromatic heterocycles. The fourth-order valence-electron chi connectivity index (χ4n) is 2.11. The van der Waals surface area contributed by atoms with Gasteiger partial charge in [0.25, 0.3) is 0 Å². The van der Waals surface area contributed by atoms with Crippen LogP contribution in [-0.2, 0) is 16.0 Å². The first-order chi connectivity index (χ1) is 10.7. The lowest BCUT2D eigenvalue weighted by Crippen LogP contribution is -2.49. The minimum Gasteiger partial charge on any atom is -0.480 e. The Labute approximate surface area is 138 Å². The Hall–Kier alpha value is -2.15. The van der Waals surface area contributed by atoms with Crippen molar-refractivity contribution in [2.75, 3.05) is 0 Å². The number of carbonyl (C=O) groups excluding carboxylic acids is 1. The summed E-state index contributed by atoms with van der Waals surface area (Å²) in [5, 5.41) is 13.7. The number of nitrogens with zero attached hydrogens (tertiary/aromatic N) is 1. The average Bonchev–Trinajstić information content (AvgIpc) is 3.05. The number of oxazole rings is 1. The highest BCUT2D eigenvalue weighted by Gasteiger charge is 2.32. The summed E-state index contributed by atoms with van der Waals surface area (Å²) in [5.74, 6) is -0.402. The van der Waals surface area contributed by atoms with E-state index in [9.17, 15) is 14.7 Å². The van der Waals surface area contributed by atoms with Crippen LogP contribution in [-0.4, -0.2) is 28.0 Å². The molecule has 1 amide bonds. The maximum atomic E-state index is 12.2. The lowest BCUT2D eigenvalue weighted by atomic mass is 9.86. The summed E-state index contributed by atoms with van der Waals surface area (Å²) in [6.45, 7) is 7.04. The van der Waals surface area contributed by atoms with Crippen molar-refractivity contribution in [2.24, 2.45) is 5.41 Å². The summed E-state index contributed by atoms with van der Waals surface area (Å²) >= 11 is 1.50. The first kappa shape index (κ1) is 17.2. The predicted octanol–water partition coefficient (Wildman–Crippen LogP) is 2.87. The third kappa shape index (κ3) is 4.19. The number of aromatic nitrogens is 1. The van der Waals surface area contributed by atoms with Crippen molar-refractivity contribution >= 4 is 23.2 Å². The Morgan fingerprint density at radius 1 is 1.43 bits per heavy atom. The fraction of sp³-hybridized carbons (Fsp3) is 0.438. The van der Waals surface area contributed by atoms with Gasteiger partial charge in [-0.05, 0) is 23.8 Å². The Bertz CT molecular complexity index is 698. The molecule has 6 nitrogen and oxygen atoms in total. The van der Waals surface area contributed by atoms with Crippen LogP contribution >= 0.6 is 11.3 Å². The molecule has 0 saturated carbocycles. The van der Waals surface area contributed by atoms with Crippen LogP contribution in [0.1, 0.15) is 32.2 Å². The van der Waals surface area contributed by atoms with E-state index in [1.807, 2.05) is 17.5 Å². The van der Waals surface area contributed by atoms with E-state index in [0.717, 1.165) is 4.88 Å². The van der Waals surface area contributed by atoms with Gasteiger partial charge in [-0.2, -0.15) is 0 Å². The van der Waals surface area contributed by atoms with Gasteiger partial charge in [0, 0.05) is 0 Å². The van der Waals surface area contributed by atoms with Gasteiger partial charge in [0.15, 0.2) is 0 Å². The molecule has 2 rings (SSSR count). The van der Waals surface area contributed by atoms with Crippen LogP contribution in [0.15, 0.2) is 21.9 Å². The Kier molecular flexibility index (Phi) is 4.89. The smallest absolute Gasteiger partial charge is 0.326 e. The summed E-state index contributed by atoms with van der Waals surface area (Å²) < 4.78 is 5.58. The number of aryl methyl sites for hydroxylation is 1. The van der Waals surface area contributed by atoms with Gasteiger partial charge >= 0.3 is 5.97 Å². The highest BCUT2D eigenvalue weighted by molar-refractivity contribution is 7.13. The summed E-state index contributed by atoms with van der Waals surface area (Å²) in [4.78, 5) is 28.7. The maximum Gasteiger partial charge on any atom is 0.326 e. The van der Waals surface area contributed by atoms with Crippen molar-refractivity contribution in [1.82, 2.24) is 10.3 Å². The summed E-state index contributed by atoms with van der Waals surface area (Å²) in [6, 6.07) is 2.82. The van der Waals surface area contributed by atoms with Gasteiger partial charge in [-0.15, -0.1) is 11.3 Å². The average molecular weight is 336 g/mol.